The number of esters is 1. The molecule has 0 bridgehead atoms. The lowest BCUT2D eigenvalue weighted by atomic mass is 10.1. The highest BCUT2D eigenvalue weighted by atomic mass is 16.5. The second-order valence-electron chi connectivity index (χ2n) is 5.24. The van der Waals surface area contributed by atoms with Crippen molar-refractivity contribution in [3.05, 3.63) is 59.5 Å². The van der Waals surface area contributed by atoms with Crippen molar-refractivity contribution in [1.82, 2.24) is 5.32 Å². The minimum Gasteiger partial charge on any atom is -0.467 e. The van der Waals surface area contributed by atoms with Crippen LogP contribution in [-0.2, 0) is 11.3 Å². The number of carbonyl (C=O) groups is 1. The van der Waals surface area contributed by atoms with Gasteiger partial charge in [-0.15, -0.1) is 0 Å². The molecule has 118 valence electrons. The molecular weight excluding hydrogens is 282 g/mol. The number of rotatable bonds is 7. The molecule has 2 aromatic rings. The fourth-order valence-electron chi connectivity index (χ4n) is 2.18. The largest absolute Gasteiger partial charge is 0.467 e. The number of ether oxygens (including phenoxy) is 1. The molecule has 0 saturated heterocycles. The van der Waals surface area contributed by atoms with Crippen LogP contribution in [0.4, 0.5) is 0 Å². The predicted molar refractivity (Wildman–Crippen MR) is 82.4 cm³/mol. The summed E-state index contributed by atoms with van der Waals surface area (Å²) < 4.78 is 9.85. The van der Waals surface area contributed by atoms with Gasteiger partial charge in [0.1, 0.15) is 11.9 Å². The standard InChI is InChI=1S/C17H21NO4/c1-12(10-15(19)16-4-3-9-22-16)18-11-13-5-7-14(8-6-13)17(20)21-2/h3-9,12,15,18-19H,10-11H2,1-2H3. The molecule has 22 heavy (non-hydrogen) atoms. The molecule has 0 aliphatic rings. The van der Waals surface area contributed by atoms with Crippen molar-refractivity contribution in [2.45, 2.75) is 32.0 Å². The average molecular weight is 303 g/mol. The van der Waals surface area contributed by atoms with Gasteiger partial charge in [0.2, 0.25) is 0 Å². The summed E-state index contributed by atoms with van der Waals surface area (Å²) in [4.78, 5) is 11.4. The van der Waals surface area contributed by atoms with Gasteiger partial charge < -0.3 is 19.6 Å². The van der Waals surface area contributed by atoms with E-state index in [1.807, 2.05) is 19.1 Å². The molecule has 2 N–H and O–H groups in total. The molecule has 0 spiro atoms. The van der Waals surface area contributed by atoms with Crippen LogP contribution < -0.4 is 5.32 Å². The first-order valence-corrected chi connectivity index (χ1v) is 7.22. The van der Waals surface area contributed by atoms with E-state index in [9.17, 15) is 9.90 Å². The van der Waals surface area contributed by atoms with Gasteiger partial charge in [-0.05, 0) is 43.2 Å². The van der Waals surface area contributed by atoms with Crippen LogP contribution in [0.15, 0.2) is 47.1 Å². The average Bonchev–Trinajstić information content (AvgIpc) is 3.07. The van der Waals surface area contributed by atoms with Crippen molar-refractivity contribution in [3.8, 4) is 0 Å². The summed E-state index contributed by atoms with van der Waals surface area (Å²) in [7, 11) is 1.36. The molecule has 0 radical (unpaired) electrons. The fourth-order valence-corrected chi connectivity index (χ4v) is 2.18. The van der Waals surface area contributed by atoms with Crippen molar-refractivity contribution < 1.29 is 19.1 Å². The topological polar surface area (TPSA) is 71.7 Å². The van der Waals surface area contributed by atoms with E-state index in [0.29, 0.717) is 24.3 Å². The lowest BCUT2D eigenvalue weighted by Gasteiger charge is -2.16. The summed E-state index contributed by atoms with van der Waals surface area (Å²) in [5.74, 6) is 0.241. The Labute approximate surface area is 129 Å². The maximum atomic E-state index is 11.4. The van der Waals surface area contributed by atoms with Crippen molar-refractivity contribution in [1.29, 1.82) is 0 Å². The molecule has 0 amide bonds. The molecule has 1 aromatic heterocycles. The maximum Gasteiger partial charge on any atom is 0.337 e. The van der Waals surface area contributed by atoms with E-state index < -0.39 is 6.10 Å². The second-order valence-corrected chi connectivity index (χ2v) is 5.24. The van der Waals surface area contributed by atoms with Crippen LogP contribution >= 0.6 is 0 Å². The molecular formula is C17H21NO4. The van der Waals surface area contributed by atoms with Gasteiger partial charge in [-0.1, -0.05) is 12.1 Å². The van der Waals surface area contributed by atoms with E-state index in [1.165, 1.54) is 7.11 Å². The van der Waals surface area contributed by atoms with Crippen LogP contribution in [0.1, 0.15) is 41.1 Å². The van der Waals surface area contributed by atoms with Crippen molar-refractivity contribution >= 4 is 5.97 Å². The number of benzene rings is 1. The van der Waals surface area contributed by atoms with Gasteiger partial charge >= 0.3 is 5.97 Å². The normalized spacial score (nSPS) is 13.6. The van der Waals surface area contributed by atoms with Crippen molar-refractivity contribution in [3.63, 3.8) is 0 Å². The number of nitrogens with one attached hydrogen (secondary N) is 1. The second kappa shape index (κ2) is 7.77. The Balaban J connectivity index is 1.80. The van der Waals surface area contributed by atoms with E-state index in [2.05, 4.69) is 10.1 Å². The third-order valence-corrected chi connectivity index (χ3v) is 3.48. The summed E-state index contributed by atoms with van der Waals surface area (Å²) in [6.45, 7) is 2.67. The first-order chi connectivity index (χ1) is 10.6. The van der Waals surface area contributed by atoms with Gasteiger partial charge in [0.25, 0.3) is 0 Å². The Morgan fingerprint density at radius 1 is 1.32 bits per heavy atom. The number of methoxy groups -OCH3 is 1. The Bertz CT molecular complexity index is 577. The van der Waals surface area contributed by atoms with Crippen molar-refractivity contribution in [2.24, 2.45) is 0 Å². The molecule has 2 unspecified atom stereocenters. The molecule has 5 heteroatoms. The Kier molecular flexibility index (Phi) is 5.75. The Hall–Kier alpha value is -2.11. The number of aliphatic hydroxyl groups excluding tert-OH is 1. The number of carbonyl (C=O) groups excluding carboxylic acids is 1. The summed E-state index contributed by atoms with van der Waals surface area (Å²) in [5, 5.41) is 13.4. The van der Waals surface area contributed by atoms with E-state index in [0.717, 1.165) is 5.56 Å². The molecule has 1 heterocycles. The van der Waals surface area contributed by atoms with Crippen LogP contribution in [0.3, 0.4) is 0 Å². The van der Waals surface area contributed by atoms with Gasteiger partial charge in [-0.3, -0.25) is 0 Å². The van der Waals surface area contributed by atoms with Gasteiger partial charge in [-0.25, -0.2) is 4.79 Å². The smallest absolute Gasteiger partial charge is 0.337 e. The molecule has 2 atom stereocenters. The summed E-state index contributed by atoms with van der Waals surface area (Å²) in [6.07, 6.45) is 1.51. The van der Waals surface area contributed by atoms with Gasteiger partial charge in [-0.2, -0.15) is 0 Å². The van der Waals surface area contributed by atoms with Crippen LogP contribution in [0.25, 0.3) is 0 Å². The van der Waals surface area contributed by atoms with E-state index in [1.54, 1.807) is 30.5 Å². The van der Waals surface area contributed by atoms with Gasteiger partial charge in [0.05, 0.1) is 18.9 Å². The lowest BCUT2D eigenvalue weighted by molar-refractivity contribution is 0.0600. The summed E-state index contributed by atoms with van der Waals surface area (Å²) in [6, 6.07) is 10.9. The molecule has 1 aromatic carbocycles. The molecule has 0 aliphatic carbocycles. The lowest BCUT2D eigenvalue weighted by Crippen LogP contribution is -2.27. The summed E-state index contributed by atoms with van der Waals surface area (Å²) in [5.41, 5.74) is 1.60. The minimum atomic E-state index is -0.612. The highest BCUT2D eigenvalue weighted by Gasteiger charge is 2.14. The summed E-state index contributed by atoms with van der Waals surface area (Å²) >= 11 is 0. The molecule has 0 fully saturated rings. The minimum absolute atomic E-state index is 0.125. The third kappa shape index (κ3) is 4.44. The fraction of sp³-hybridized carbons (Fsp3) is 0.353. The van der Waals surface area contributed by atoms with Crippen molar-refractivity contribution in [2.75, 3.05) is 7.11 Å². The number of furan rings is 1. The molecule has 5 nitrogen and oxygen atoms in total. The zero-order valence-electron chi connectivity index (χ0n) is 12.8. The van der Waals surface area contributed by atoms with Crippen LogP contribution in [-0.4, -0.2) is 24.2 Å². The van der Waals surface area contributed by atoms with E-state index in [-0.39, 0.29) is 12.0 Å². The molecule has 0 aliphatic heterocycles. The number of hydrogen-bond acceptors (Lipinski definition) is 5. The van der Waals surface area contributed by atoms with E-state index in [4.69, 9.17) is 4.42 Å². The number of aliphatic hydroxyl groups is 1. The first kappa shape index (κ1) is 16.3. The SMILES string of the molecule is COC(=O)c1ccc(CNC(C)CC(O)c2ccco2)cc1. The van der Waals surface area contributed by atoms with E-state index >= 15 is 0 Å². The highest BCUT2D eigenvalue weighted by Crippen LogP contribution is 2.18. The maximum absolute atomic E-state index is 11.4. The Morgan fingerprint density at radius 2 is 2.05 bits per heavy atom. The highest BCUT2D eigenvalue weighted by molar-refractivity contribution is 5.89. The van der Waals surface area contributed by atoms with Gasteiger partial charge in [0, 0.05) is 12.6 Å². The quantitative estimate of drug-likeness (QED) is 0.769. The van der Waals surface area contributed by atoms with Crippen LogP contribution in [0.5, 0.6) is 0 Å². The molecule has 0 saturated carbocycles. The molecule has 2 rings (SSSR count). The Morgan fingerprint density at radius 3 is 2.64 bits per heavy atom. The first-order valence-electron chi connectivity index (χ1n) is 7.22. The third-order valence-electron chi connectivity index (χ3n) is 3.48. The number of hydrogen-bond donors (Lipinski definition) is 2. The zero-order valence-corrected chi connectivity index (χ0v) is 12.8. The van der Waals surface area contributed by atoms with Crippen LogP contribution in [0, 0.1) is 0 Å². The zero-order chi connectivity index (χ0) is 15.9. The monoisotopic (exact) mass is 303 g/mol. The van der Waals surface area contributed by atoms with Crippen LogP contribution in [0.2, 0.25) is 0 Å². The predicted octanol–water partition coefficient (Wildman–Crippen LogP) is 2.67. The van der Waals surface area contributed by atoms with Gasteiger partial charge in [0.15, 0.2) is 0 Å².